The van der Waals surface area contributed by atoms with Crippen LogP contribution in [0.5, 0.6) is 5.75 Å². The van der Waals surface area contributed by atoms with Crippen molar-refractivity contribution in [3.8, 4) is 16.9 Å². The quantitative estimate of drug-likeness (QED) is 0.363. The highest BCUT2D eigenvalue weighted by Gasteiger charge is 2.69. The van der Waals surface area contributed by atoms with Crippen molar-refractivity contribution in [2.24, 2.45) is 35.1 Å². The van der Waals surface area contributed by atoms with Crippen LogP contribution in [0.4, 0.5) is 5.69 Å². The van der Waals surface area contributed by atoms with Crippen molar-refractivity contribution in [2.75, 3.05) is 33.1 Å². The Hall–Kier alpha value is -3.93. The number of hydrogen-bond donors (Lipinski definition) is 4. The van der Waals surface area contributed by atoms with Gasteiger partial charge in [0.1, 0.15) is 5.75 Å². The highest BCUT2D eigenvalue weighted by atomic mass is 16.3. The van der Waals surface area contributed by atoms with Crippen LogP contribution in [0.25, 0.3) is 11.1 Å². The zero-order valence-electron chi connectivity index (χ0n) is 23.4. The van der Waals surface area contributed by atoms with Gasteiger partial charge in [-0.05, 0) is 67.7 Å². The van der Waals surface area contributed by atoms with Crippen molar-refractivity contribution in [2.45, 2.75) is 31.0 Å². The Morgan fingerprint density at radius 1 is 1.05 bits per heavy atom. The van der Waals surface area contributed by atoms with Crippen molar-refractivity contribution in [3.05, 3.63) is 47.0 Å². The minimum Gasteiger partial charge on any atom is -0.507 e. The molecule has 216 valence electrons. The number of ketones is 4. The van der Waals surface area contributed by atoms with Gasteiger partial charge in [0, 0.05) is 37.8 Å². The van der Waals surface area contributed by atoms with Crippen molar-refractivity contribution < 1.29 is 34.2 Å². The Balaban J connectivity index is 1.68. The number of rotatable bonds is 5. The predicted molar refractivity (Wildman–Crippen MR) is 149 cm³/mol. The van der Waals surface area contributed by atoms with E-state index < -0.39 is 64.4 Å². The first kappa shape index (κ1) is 28.6. The minimum atomic E-state index is -2.76. The van der Waals surface area contributed by atoms with E-state index in [1.807, 2.05) is 43.3 Å². The van der Waals surface area contributed by atoms with Crippen molar-refractivity contribution in [1.82, 2.24) is 4.90 Å². The number of phenolic OH excluding ortho intramolecular Hbond substituents is 1. The highest BCUT2D eigenvalue weighted by Crippen LogP contribution is 2.52. The zero-order chi connectivity index (χ0) is 30.1. The number of carbonyl (C=O) groups excluding carboxylic acids is 5. The molecule has 6 N–H and O–H groups in total. The average molecular weight is 563 g/mol. The summed E-state index contributed by atoms with van der Waals surface area (Å²) >= 11 is 0. The van der Waals surface area contributed by atoms with Gasteiger partial charge in [-0.2, -0.15) is 0 Å². The summed E-state index contributed by atoms with van der Waals surface area (Å²) in [4.78, 5) is 70.4. The molecule has 2 aromatic carbocycles. The second kappa shape index (κ2) is 9.86. The number of primary amides is 1. The van der Waals surface area contributed by atoms with Crippen LogP contribution in [-0.2, 0) is 32.1 Å². The van der Waals surface area contributed by atoms with Gasteiger partial charge in [-0.15, -0.1) is 0 Å². The molecule has 3 aliphatic carbocycles. The van der Waals surface area contributed by atoms with Crippen LogP contribution in [-0.4, -0.2) is 84.0 Å². The van der Waals surface area contributed by atoms with E-state index in [0.717, 1.165) is 11.3 Å². The number of benzene rings is 2. The Kier molecular flexibility index (Phi) is 6.88. The number of carbonyl (C=O) groups is 5. The predicted octanol–water partition coefficient (Wildman–Crippen LogP) is 0.0587. The first-order valence-electron chi connectivity index (χ1n) is 13.5. The molecular weight excluding hydrogens is 528 g/mol. The van der Waals surface area contributed by atoms with Gasteiger partial charge in [-0.3, -0.25) is 28.9 Å². The van der Waals surface area contributed by atoms with Crippen LogP contribution < -0.4 is 16.4 Å². The normalized spacial score (nSPS) is 29.2. The molecule has 11 heteroatoms. The van der Waals surface area contributed by atoms with E-state index in [-0.39, 0.29) is 30.7 Å². The standard InChI is InChI=1S/C30H34N4O7/c1-33(2)16-7-5-13(6-8-16)17-10-15(12-31)24(35)21-18(17)9-14-11-19-23(34(3)4)26(37)22(29(32)40)28(39)30(19,41)27(38)20(14)25(21)36/h5-8,10,14,19-20,22-23,35,41H,9,11-12,31H2,1-4H3,(H2,32,40)/t14-,19-,20?,22?,23?,30-/m1/s1. The molecule has 11 nitrogen and oxygen atoms in total. The molecule has 3 aliphatic rings. The molecule has 41 heavy (non-hydrogen) atoms. The number of hydrogen-bond acceptors (Lipinski definition) is 10. The van der Waals surface area contributed by atoms with Gasteiger partial charge in [0.15, 0.2) is 34.7 Å². The number of likely N-dealkylation sites (N-methyl/N-ethyl adjacent to an activating group) is 1. The number of anilines is 1. The molecule has 5 rings (SSSR count). The number of aromatic hydroxyl groups is 1. The lowest BCUT2D eigenvalue weighted by Gasteiger charge is -2.52. The topological polar surface area (TPSA) is 184 Å². The number of nitrogens with zero attached hydrogens (tertiary/aromatic N) is 2. The molecule has 0 radical (unpaired) electrons. The van der Waals surface area contributed by atoms with Crippen LogP contribution in [0.1, 0.15) is 27.9 Å². The summed E-state index contributed by atoms with van der Waals surface area (Å²) in [5.74, 6) is -10.8. The van der Waals surface area contributed by atoms with Crippen LogP contribution in [0.2, 0.25) is 0 Å². The van der Waals surface area contributed by atoms with E-state index >= 15 is 0 Å². The maximum absolute atomic E-state index is 14.1. The molecule has 2 saturated carbocycles. The van der Waals surface area contributed by atoms with E-state index in [4.69, 9.17) is 11.5 Å². The third-order valence-corrected chi connectivity index (χ3v) is 9.05. The second-order valence-electron chi connectivity index (χ2n) is 11.7. The summed E-state index contributed by atoms with van der Waals surface area (Å²) < 4.78 is 0. The number of phenols is 1. The van der Waals surface area contributed by atoms with E-state index in [2.05, 4.69) is 0 Å². The Morgan fingerprint density at radius 2 is 1.68 bits per heavy atom. The maximum atomic E-state index is 14.1. The molecule has 2 fully saturated rings. The maximum Gasteiger partial charge on any atom is 0.235 e. The molecule has 3 unspecified atom stereocenters. The number of nitrogens with two attached hydrogens (primary N) is 2. The lowest BCUT2D eigenvalue weighted by Crippen LogP contribution is -2.74. The molecule has 0 aliphatic heterocycles. The molecule has 0 heterocycles. The molecule has 0 saturated heterocycles. The number of fused-ring (bicyclic) bond motifs is 3. The largest absolute Gasteiger partial charge is 0.507 e. The third-order valence-electron chi connectivity index (χ3n) is 9.05. The summed E-state index contributed by atoms with van der Waals surface area (Å²) in [6.45, 7) is -0.0748. The van der Waals surface area contributed by atoms with Gasteiger partial charge in [0.2, 0.25) is 5.91 Å². The van der Waals surface area contributed by atoms with E-state index in [0.29, 0.717) is 16.7 Å². The SMILES string of the molecule is CN(C)c1ccc(-c2cc(CN)c(O)c3c2C[C@@H]2C[C@@H]4C(N(C)C)C(=O)C(C(N)=O)C(=O)[C@]4(O)C(=O)C2C3=O)cc1. The van der Waals surface area contributed by atoms with Gasteiger partial charge in [0.25, 0.3) is 0 Å². The fourth-order valence-electron chi connectivity index (χ4n) is 7.08. The molecule has 2 aromatic rings. The second-order valence-corrected chi connectivity index (χ2v) is 11.7. The van der Waals surface area contributed by atoms with Gasteiger partial charge in [-0.25, -0.2) is 0 Å². The van der Waals surface area contributed by atoms with E-state index in [1.165, 1.54) is 4.90 Å². The summed E-state index contributed by atoms with van der Waals surface area (Å²) in [7, 11) is 6.93. The summed E-state index contributed by atoms with van der Waals surface area (Å²) in [5.41, 5.74) is 11.7. The Labute approximate surface area is 237 Å². The van der Waals surface area contributed by atoms with E-state index in [1.54, 1.807) is 20.2 Å². The van der Waals surface area contributed by atoms with Gasteiger partial charge in [-0.1, -0.05) is 12.1 Å². The molecule has 1 amide bonds. The minimum absolute atomic E-state index is 0.0116. The third kappa shape index (κ3) is 4.02. The van der Waals surface area contributed by atoms with Gasteiger partial charge < -0.3 is 26.6 Å². The number of amides is 1. The lowest BCUT2D eigenvalue weighted by atomic mass is 9.52. The molecule has 6 atom stereocenters. The van der Waals surface area contributed by atoms with Crippen molar-refractivity contribution >= 4 is 34.7 Å². The number of Topliss-reactive ketones (excluding diaryl/α,β-unsaturated/α-hetero) is 4. The molecule has 0 aromatic heterocycles. The molecular formula is C30H34N4O7. The smallest absolute Gasteiger partial charge is 0.235 e. The molecule has 0 bridgehead atoms. The van der Waals surface area contributed by atoms with Gasteiger partial charge >= 0.3 is 0 Å². The first-order chi connectivity index (χ1) is 19.2. The first-order valence-corrected chi connectivity index (χ1v) is 13.5. The average Bonchev–Trinajstić information content (AvgIpc) is 2.90. The van der Waals surface area contributed by atoms with Crippen LogP contribution in [0.15, 0.2) is 30.3 Å². The van der Waals surface area contributed by atoms with Crippen LogP contribution >= 0.6 is 0 Å². The summed E-state index contributed by atoms with van der Waals surface area (Å²) in [6, 6.07) is 8.22. The van der Waals surface area contributed by atoms with Crippen LogP contribution in [0.3, 0.4) is 0 Å². The Morgan fingerprint density at radius 3 is 2.22 bits per heavy atom. The Bertz CT molecular complexity index is 1500. The highest BCUT2D eigenvalue weighted by molar-refractivity contribution is 6.32. The van der Waals surface area contributed by atoms with Crippen molar-refractivity contribution in [3.63, 3.8) is 0 Å². The zero-order valence-corrected chi connectivity index (χ0v) is 23.4. The monoisotopic (exact) mass is 562 g/mol. The number of aliphatic hydroxyl groups is 1. The van der Waals surface area contributed by atoms with Crippen molar-refractivity contribution in [1.29, 1.82) is 0 Å². The fraction of sp³-hybridized carbons (Fsp3) is 0.433. The fourth-order valence-corrected chi connectivity index (χ4v) is 7.08. The lowest BCUT2D eigenvalue weighted by molar-refractivity contribution is -0.181. The summed E-state index contributed by atoms with van der Waals surface area (Å²) in [5, 5.41) is 22.9. The van der Waals surface area contributed by atoms with E-state index in [9.17, 15) is 34.2 Å². The molecule has 0 spiro atoms. The van der Waals surface area contributed by atoms with Crippen LogP contribution in [0, 0.1) is 23.7 Å². The van der Waals surface area contributed by atoms with Gasteiger partial charge in [0.05, 0.1) is 17.5 Å². The summed E-state index contributed by atoms with van der Waals surface area (Å²) in [6.07, 6.45) is 0.164.